The Morgan fingerprint density at radius 2 is 2.00 bits per heavy atom. The van der Waals surface area contributed by atoms with Crippen molar-refractivity contribution in [3.05, 3.63) is 65.0 Å². The minimum Gasteiger partial charge on any atom is -0.381 e. The molecule has 1 atom stereocenters. The van der Waals surface area contributed by atoms with Gasteiger partial charge in [0.1, 0.15) is 5.60 Å². The van der Waals surface area contributed by atoms with Crippen molar-refractivity contribution in [3.8, 4) is 0 Å². The molecule has 3 rings (SSSR count). The fourth-order valence-corrected chi connectivity index (χ4v) is 3.19. The van der Waals surface area contributed by atoms with Gasteiger partial charge in [-0.2, -0.15) is 0 Å². The molecule has 1 aliphatic heterocycles. The van der Waals surface area contributed by atoms with Crippen molar-refractivity contribution in [3.63, 3.8) is 0 Å². The first-order chi connectivity index (χ1) is 11.4. The molecule has 1 aromatic carbocycles. The van der Waals surface area contributed by atoms with Crippen LogP contribution in [0.4, 0.5) is 0 Å². The van der Waals surface area contributed by atoms with Gasteiger partial charge in [0.05, 0.1) is 0 Å². The van der Waals surface area contributed by atoms with E-state index >= 15 is 0 Å². The number of nitrogens with zero attached hydrogens (tertiary/aromatic N) is 2. The number of β-amino-alcohol motifs (C(OH)–C–C–N with tert-alkyl or cyclic N) is 1. The van der Waals surface area contributed by atoms with Gasteiger partial charge in [0.2, 0.25) is 0 Å². The topological polar surface area (TPSA) is 53.4 Å². The molecule has 0 amide bonds. The van der Waals surface area contributed by atoms with E-state index in [0.717, 1.165) is 30.8 Å². The molecule has 1 aliphatic rings. The van der Waals surface area contributed by atoms with Crippen LogP contribution in [0.5, 0.6) is 0 Å². The predicted molar refractivity (Wildman–Crippen MR) is 93.7 cm³/mol. The zero-order valence-electron chi connectivity index (χ0n) is 14.3. The first kappa shape index (κ1) is 16.8. The summed E-state index contributed by atoms with van der Waals surface area (Å²) in [6, 6.07) is 12.2. The Balaban J connectivity index is 1.63. The highest BCUT2D eigenvalue weighted by atomic mass is 16.3. The number of aliphatic hydroxyl groups is 1. The lowest BCUT2D eigenvalue weighted by Crippen LogP contribution is -2.48. The number of pyridine rings is 1. The molecular weight excluding hydrogens is 300 g/mol. The van der Waals surface area contributed by atoms with Gasteiger partial charge in [-0.3, -0.25) is 14.7 Å². The first-order valence-electron chi connectivity index (χ1n) is 8.40. The van der Waals surface area contributed by atoms with E-state index in [1.165, 1.54) is 11.1 Å². The van der Waals surface area contributed by atoms with Crippen molar-refractivity contribution in [2.75, 3.05) is 13.1 Å². The van der Waals surface area contributed by atoms with Crippen LogP contribution in [0.25, 0.3) is 0 Å². The van der Waals surface area contributed by atoms with Gasteiger partial charge in [-0.15, -0.1) is 0 Å². The van der Waals surface area contributed by atoms with Crippen LogP contribution in [-0.2, 0) is 24.2 Å². The smallest absolute Gasteiger partial charge is 0.169 e. The second-order valence-corrected chi connectivity index (χ2v) is 6.91. The molecule has 0 radical (unpaired) electrons. The van der Waals surface area contributed by atoms with Crippen LogP contribution in [0, 0.1) is 6.92 Å². The molecule has 0 spiro atoms. The van der Waals surface area contributed by atoms with Gasteiger partial charge in [0, 0.05) is 37.9 Å². The Bertz CT molecular complexity index is 723. The lowest BCUT2D eigenvalue weighted by Gasteiger charge is -2.34. The summed E-state index contributed by atoms with van der Waals surface area (Å²) in [7, 11) is 0. The highest BCUT2D eigenvalue weighted by molar-refractivity contribution is 5.88. The third kappa shape index (κ3) is 3.89. The maximum Gasteiger partial charge on any atom is 0.169 e. The largest absolute Gasteiger partial charge is 0.381 e. The number of ketones is 1. The van der Waals surface area contributed by atoms with E-state index in [2.05, 4.69) is 28.1 Å². The molecule has 1 aromatic heterocycles. The van der Waals surface area contributed by atoms with E-state index in [4.69, 9.17) is 0 Å². The van der Waals surface area contributed by atoms with Crippen LogP contribution in [0.1, 0.15) is 29.3 Å². The van der Waals surface area contributed by atoms with Gasteiger partial charge in [-0.1, -0.05) is 30.3 Å². The average molecular weight is 324 g/mol. The summed E-state index contributed by atoms with van der Waals surface area (Å²) in [5.41, 5.74) is 3.07. The maximum absolute atomic E-state index is 12.5. The van der Waals surface area contributed by atoms with Crippen LogP contribution in [-0.4, -0.2) is 39.5 Å². The monoisotopic (exact) mass is 324 g/mol. The Hall–Kier alpha value is -2.04. The van der Waals surface area contributed by atoms with E-state index in [0.29, 0.717) is 6.54 Å². The quantitative estimate of drug-likeness (QED) is 0.917. The lowest BCUT2D eigenvalue weighted by molar-refractivity contribution is -0.137. The number of hydrogen-bond donors (Lipinski definition) is 1. The minimum absolute atomic E-state index is 0.160. The zero-order valence-corrected chi connectivity index (χ0v) is 14.3. The van der Waals surface area contributed by atoms with E-state index in [-0.39, 0.29) is 12.2 Å². The van der Waals surface area contributed by atoms with Crippen molar-refractivity contribution >= 4 is 5.78 Å². The molecule has 4 nitrogen and oxygen atoms in total. The molecule has 0 bridgehead atoms. The fraction of sp³-hybridized carbons (Fsp3) is 0.400. The lowest BCUT2D eigenvalue weighted by atomic mass is 9.93. The Kier molecular flexibility index (Phi) is 4.78. The number of Topliss-reactive ketones (excluding diaryl/α,β-unsaturated/α-hetero) is 1. The van der Waals surface area contributed by atoms with Crippen LogP contribution >= 0.6 is 0 Å². The minimum atomic E-state index is -1.35. The van der Waals surface area contributed by atoms with Gasteiger partial charge in [0.15, 0.2) is 5.78 Å². The van der Waals surface area contributed by atoms with Crippen molar-refractivity contribution in [1.82, 2.24) is 9.88 Å². The summed E-state index contributed by atoms with van der Waals surface area (Å²) < 4.78 is 0. The number of fused-ring (bicyclic) bond motifs is 1. The highest BCUT2D eigenvalue weighted by Crippen LogP contribution is 2.21. The standard InChI is InChI=1S/C20H24N2O2/c1-15-7-8-16(12-21-15)11-19(23)20(2,24)14-22-10-9-17-5-3-4-6-18(17)13-22/h3-8,12,24H,9-11,13-14H2,1-2H3/t20-/m0/s1. The third-order valence-corrected chi connectivity index (χ3v) is 4.68. The summed E-state index contributed by atoms with van der Waals surface area (Å²) in [5.74, 6) is -0.160. The number of hydrogen-bond acceptors (Lipinski definition) is 4. The van der Waals surface area contributed by atoms with Gasteiger partial charge in [0.25, 0.3) is 0 Å². The number of benzene rings is 1. The van der Waals surface area contributed by atoms with E-state index in [9.17, 15) is 9.90 Å². The molecule has 2 aromatic rings. The maximum atomic E-state index is 12.5. The van der Waals surface area contributed by atoms with Crippen molar-refractivity contribution < 1.29 is 9.90 Å². The molecular formula is C20H24N2O2. The van der Waals surface area contributed by atoms with Gasteiger partial charge >= 0.3 is 0 Å². The number of aryl methyl sites for hydroxylation is 1. The molecule has 126 valence electrons. The van der Waals surface area contributed by atoms with Crippen LogP contribution in [0.3, 0.4) is 0 Å². The predicted octanol–water partition coefficient (Wildman–Crippen LogP) is 2.31. The van der Waals surface area contributed by atoms with Crippen LogP contribution in [0.15, 0.2) is 42.6 Å². The first-order valence-corrected chi connectivity index (χ1v) is 8.40. The molecule has 0 fully saturated rings. The second kappa shape index (κ2) is 6.83. The van der Waals surface area contributed by atoms with Crippen molar-refractivity contribution in [2.24, 2.45) is 0 Å². The number of aromatic nitrogens is 1. The molecule has 24 heavy (non-hydrogen) atoms. The molecule has 1 N–H and O–H groups in total. The molecule has 0 saturated heterocycles. The van der Waals surface area contributed by atoms with E-state index < -0.39 is 5.60 Å². The third-order valence-electron chi connectivity index (χ3n) is 4.68. The molecule has 4 heteroatoms. The highest BCUT2D eigenvalue weighted by Gasteiger charge is 2.33. The van der Waals surface area contributed by atoms with E-state index in [1.54, 1.807) is 13.1 Å². The summed E-state index contributed by atoms with van der Waals surface area (Å²) in [5, 5.41) is 10.7. The van der Waals surface area contributed by atoms with Crippen LogP contribution < -0.4 is 0 Å². The van der Waals surface area contributed by atoms with Gasteiger partial charge in [-0.05, 0) is 43.0 Å². The molecule has 0 saturated carbocycles. The SMILES string of the molecule is Cc1ccc(CC(=O)[C@@](C)(O)CN2CCc3ccccc3C2)cn1. The Labute approximate surface area is 143 Å². The average Bonchev–Trinajstić information content (AvgIpc) is 2.56. The summed E-state index contributed by atoms with van der Waals surface area (Å²) in [6.07, 6.45) is 2.88. The Morgan fingerprint density at radius 1 is 1.25 bits per heavy atom. The second-order valence-electron chi connectivity index (χ2n) is 6.91. The summed E-state index contributed by atoms with van der Waals surface area (Å²) in [4.78, 5) is 18.9. The Morgan fingerprint density at radius 3 is 2.71 bits per heavy atom. The summed E-state index contributed by atoms with van der Waals surface area (Å²) in [6.45, 7) is 5.55. The molecule has 0 aliphatic carbocycles. The number of carbonyl (C=O) groups is 1. The normalized spacial score (nSPS) is 17.1. The van der Waals surface area contributed by atoms with E-state index in [1.807, 2.05) is 25.1 Å². The van der Waals surface area contributed by atoms with Crippen molar-refractivity contribution in [1.29, 1.82) is 0 Å². The van der Waals surface area contributed by atoms with Crippen molar-refractivity contribution in [2.45, 2.75) is 38.8 Å². The van der Waals surface area contributed by atoms with Gasteiger partial charge in [-0.25, -0.2) is 0 Å². The van der Waals surface area contributed by atoms with Gasteiger partial charge < -0.3 is 5.11 Å². The fourth-order valence-electron chi connectivity index (χ4n) is 3.19. The molecule has 0 unspecified atom stereocenters. The summed E-state index contributed by atoms with van der Waals surface area (Å²) >= 11 is 0. The number of rotatable bonds is 5. The number of carbonyl (C=O) groups excluding carboxylic acids is 1. The zero-order chi connectivity index (χ0) is 17.2. The molecule has 2 heterocycles. The van der Waals surface area contributed by atoms with Crippen LogP contribution in [0.2, 0.25) is 0 Å².